The topological polar surface area (TPSA) is 484 Å². The van der Waals surface area contributed by atoms with Crippen LogP contribution in [0, 0.1) is 0 Å². The average Bonchev–Trinajstić information content (AvgIpc) is 0.909. The highest BCUT2D eigenvalue weighted by Crippen LogP contribution is 1.93. The minimum Gasteiger partial charge on any atom is -0.867 e. The smallest absolute Gasteiger partial charge is 0.470 e. The fourth-order valence-corrected chi connectivity index (χ4v) is 9.11. The maximum absolute atomic E-state index is 11.4. The molecule has 8 aromatic heterocycles. The Bertz CT molecular complexity index is 4580. The van der Waals surface area contributed by atoms with Crippen LogP contribution in [-0.4, -0.2) is 417 Å². The van der Waals surface area contributed by atoms with Gasteiger partial charge < -0.3 is 57.5 Å². The van der Waals surface area contributed by atoms with E-state index in [2.05, 4.69) is 0 Å². The van der Waals surface area contributed by atoms with Crippen molar-refractivity contribution >= 4 is 77.8 Å². The minimum absolute atomic E-state index is 0.196. The molecule has 0 spiro atoms. The Morgan fingerprint density at radius 1 is 0.199 bits per heavy atom. The van der Waals surface area contributed by atoms with Crippen LogP contribution in [0.25, 0.3) is 0 Å². The van der Waals surface area contributed by atoms with E-state index in [4.69, 9.17) is 78.9 Å². The predicted molar refractivity (Wildman–Crippen MR) is 492 cm³/mol. The van der Waals surface area contributed by atoms with Gasteiger partial charge in [-0.3, -0.25) is 77.1 Å². The zero-order valence-electron chi connectivity index (χ0n) is 82.8. The SMILES string of the molecule is CN(C)C(On1ccccc1=O)=[N+](C)C.CN(C)C(On1ccccc1=O)=[N+](C)C.CN(C)C(On1ccccc1=O)=[N+](C)C.CN(C)C(On1ccccc1=O)=[N+](C)C.CN(C)C(On1ccccc1=O)=[N+](C)C.CN(C)C(On1ccccc1=O)=[N+](C)C.CN(C)C(On1ccccc1=O)=[N+](C)C.CN(C)C(On1ccccc1=O)=[N+](C)C.[O-]B([O-])F.[O-]B([O-])F.[O-]B([O-])F.[O-]B([O-])F. The van der Waals surface area contributed by atoms with Crippen LogP contribution in [0.1, 0.15) is 0 Å². The van der Waals surface area contributed by atoms with Crippen LogP contribution in [-0.2, 0) is 0 Å². The minimum atomic E-state index is -3.17. The van der Waals surface area contributed by atoms with E-state index in [0.717, 1.165) is 0 Å². The summed E-state index contributed by atoms with van der Waals surface area (Å²) in [4.78, 5) is 149. The highest BCUT2D eigenvalue weighted by molar-refractivity contribution is 6.27. The molecule has 0 N–H and O–H groups in total. The average molecular weight is 1930 g/mol. The molecule has 0 fully saturated rings. The molecule has 8 heterocycles. The third kappa shape index (κ3) is 58.3. The Hall–Kier alpha value is -14.6. The molecule has 136 heavy (non-hydrogen) atoms. The fraction of sp³-hybridized carbons (Fsp3) is 0.400. The van der Waals surface area contributed by atoms with Crippen molar-refractivity contribution in [2.24, 2.45) is 0 Å². The van der Waals surface area contributed by atoms with Gasteiger partial charge in [0.05, 0.1) is 226 Å². The van der Waals surface area contributed by atoms with E-state index >= 15 is 0 Å². The molecule has 0 radical (unpaired) electrons. The molecule has 8 rings (SSSR count). The van der Waals surface area contributed by atoms with Crippen LogP contribution in [0.2, 0.25) is 0 Å². The monoisotopic (exact) mass is 1930 g/mol. The molecule has 48 nitrogen and oxygen atoms in total. The van der Waals surface area contributed by atoms with Gasteiger partial charge in [0, 0.05) is 98.1 Å². The lowest BCUT2D eigenvalue weighted by Crippen LogP contribution is -2.41. The van der Waals surface area contributed by atoms with Crippen molar-refractivity contribution in [1.29, 1.82) is 0 Å². The first kappa shape index (κ1) is 128. The van der Waals surface area contributed by atoms with Crippen molar-refractivity contribution in [2.45, 2.75) is 0 Å². The largest absolute Gasteiger partial charge is 0.867 e. The summed E-state index contributed by atoms with van der Waals surface area (Å²) < 4.78 is 63.4. The van der Waals surface area contributed by atoms with Crippen LogP contribution < -0.4 is 123 Å². The maximum Gasteiger partial charge on any atom is 0.470 e. The molecule has 8 aromatic rings. The molecular weight excluding hydrogens is 1800 g/mol. The second-order valence-corrected chi connectivity index (χ2v) is 29.3. The molecular formula is C80H128B4F4N24O24. The summed E-state index contributed by atoms with van der Waals surface area (Å²) in [5, 5.41) is 66.4. The third-order valence-corrected chi connectivity index (χ3v) is 13.9. The number of halogens is 4. The Labute approximate surface area is 787 Å². The zero-order chi connectivity index (χ0) is 106. The summed E-state index contributed by atoms with van der Waals surface area (Å²) >= 11 is 0. The molecule has 0 saturated heterocycles. The normalized spacial score (nSPS) is 9.26. The lowest BCUT2D eigenvalue weighted by atomic mass is 10.3. The number of amidine groups is 8. The molecule has 0 unspecified atom stereocenters. The standard InChI is InChI=1S/8C10H16N3O2.4BFO2/c8*1-11(2)10(12(3)4)15-13-8-6-5-7-9(13)14;4*2-1(3)4/h8*5-8H,1-4H3;;;;/q8*+1;4*-2. The second kappa shape index (κ2) is 69.3. The predicted octanol–water partition coefficient (Wildman–Crippen LogP) is -13.6. The summed E-state index contributed by atoms with van der Waals surface area (Å²) in [6.07, 6.45) is 12.6. The number of hydrogen-bond donors (Lipinski definition) is 0. The summed E-state index contributed by atoms with van der Waals surface area (Å²) in [5.74, 6) is 0. The van der Waals surface area contributed by atoms with Gasteiger partial charge in [0.1, 0.15) is 29.6 Å². The van der Waals surface area contributed by atoms with Gasteiger partial charge in [-0.25, -0.2) is 75.8 Å². The van der Waals surface area contributed by atoms with Crippen molar-refractivity contribution in [1.82, 2.24) is 77.0 Å². The first-order chi connectivity index (χ1) is 63.1. The lowest BCUT2D eigenvalue weighted by Gasteiger charge is -2.11. The number of hydrogen-bond acceptors (Lipinski definition) is 24. The van der Waals surface area contributed by atoms with E-state index in [1.54, 1.807) is 222 Å². The van der Waals surface area contributed by atoms with Gasteiger partial charge in [-0.1, -0.05) is 48.5 Å². The van der Waals surface area contributed by atoms with Crippen molar-refractivity contribution in [3.8, 4) is 0 Å². The Morgan fingerprint density at radius 3 is 0.324 bits per heavy atom. The van der Waals surface area contributed by atoms with E-state index in [1.807, 2.05) is 226 Å². The molecule has 0 aromatic carbocycles. The number of pyridine rings is 8. The number of aromatic nitrogens is 8. The van der Waals surface area contributed by atoms with Crippen LogP contribution in [0.15, 0.2) is 234 Å². The van der Waals surface area contributed by atoms with Crippen molar-refractivity contribution in [3.05, 3.63) is 278 Å². The summed E-state index contributed by atoms with van der Waals surface area (Å²) in [5.41, 5.74) is -1.57. The molecule has 0 aliphatic heterocycles. The summed E-state index contributed by atoms with van der Waals surface area (Å²) in [7, 11) is 46.5. The molecule has 0 atom stereocenters. The number of nitrogens with zero attached hydrogens (tertiary/aromatic N) is 24. The first-order valence-corrected chi connectivity index (χ1v) is 39.5. The Balaban J connectivity index is -0.000000715. The zero-order valence-corrected chi connectivity index (χ0v) is 82.8. The van der Waals surface area contributed by atoms with Gasteiger partial charge in [0.2, 0.25) is 0 Å². The van der Waals surface area contributed by atoms with Crippen molar-refractivity contribution < 1.29 is 133 Å². The first-order valence-electron chi connectivity index (χ1n) is 39.5. The third-order valence-electron chi connectivity index (χ3n) is 13.9. The highest BCUT2D eigenvalue weighted by Gasteiger charge is 2.22. The number of rotatable bonds is 8. The van der Waals surface area contributed by atoms with Gasteiger partial charge in [-0.15, -0.1) is 37.8 Å². The molecule has 0 aliphatic rings. The maximum atomic E-state index is 11.4. The Kier molecular flexibility index (Phi) is 65.1. The van der Waals surface area contributed by atoms with E-state index in [9.17, 15) is 55.6 Å². The summed E-state index contributed by atoms with van der Waals surface area (Å²) in [6, 6.07) is 43.6. The van der Waals surface area contributed by atoms with Gasteiger partial charge in [0.25, 0.3) is 44.5 Å². The highest BCUT2D eigenvalue weighted by atomic mass is 19.1. The van der Waals surface area contributed by atoms with Gasteiger partial charge in [-0.2, -0.15) is 0 Å². The fourth-order valence-electron chi connectivity index (χ4n) is 9.11. The van der Waals surface area contributed by atoms with Gasteiger partial charge in [-0.05, 0) is 48.5 Å². The van der Waals surface area contributed by atoms with Gasteiger partial charge in [0.15, 0.2) is 0 Å². The molecule has 0 bridgehead atoms. The molecule has 752 valence electrons. The van der Waals surface area contributed by atoms with Crippen LogP contribution in [0.3, 0.4) is 0 Å². The quantitative estimate of drug-likeness (QED) is 0.0448. The van der Waals surface area contributed by atoms with Crippen molar-refractivity contribution in [2.75, 3.05) is 226 Å². The van der Waals surface area contributed by atoms with Crippen molar-refractivity contribution in [3.63, 3.8) is 0 Å². The van der Waals surface area contributed by atoms with E-state index in [-0.39, 0.29) is 44.5 Å². The van der Waals surface area contributed by atoms with E-state index in [1.165, 1.54) is 86.4 Å². The van der Waals surface area contributed by atoms with Crippen LogP contribution in [0.4, 0.5) is 17.3 Å². The Morgan fingerprint density at radius 2 is 0.272 bits per heavy atom. The molecule has 56 heteroatoms. The van der Waals surface area contributed by atoms with E-state index < -0.39 is 29.6 Å². The molecule has 0 saturated carbocycles. The van der Waals surface area contributed by atoms with Crippen LogP contribution in [0.5, 0.6) is 0 Å². The lowest BCUT2D eigenvalue weighted by molar-refractivity contribution is -0.480. The second-order valence-electron chi connectivity index (χ2n) is 29.3. The van der Waals surface area contributed by atoms with E-state index in [0.29, 0.717) is 48.2 Å². The molecule has 0 aliphatic carbocycles. The van der Waals surface area contributed by atoms with Crippen LogP contribution >= 0.6 is 0 Å². The van der Waals surface area contributed by atoms with Gasteiger partial charge >= 0.3 is 48.2 Å². The molecule has 0 amide bonds. The summed E-state index contributed by atoms with van der Waals surface area (Å²) in [6.45, 7) is 0.